The third-order valence-corrected chi connectivity index (χ3v) is 3.96. The summed E-state index contributed by atoms with van der Waals surface area (Å²) in [7, 11) is 0. The van der Waals surface area contributed by atoms with Crippen molar-refractivity contribution < 1.29 is 4.74 Å². The van der Waals surface area contributed by atoms with Crippen LogP contribution < -0.4 is 10.1 Å². The van der Waals surface area contributed by atoms with Crippen molar-refractivity contribution in [3.8, 4) is 18.1 Å². The first-order valence-corrected chi connectivity index (χ1v) is 7.34. The van der Waals surface area contributed by atoms with E-state index in [0.717, 1.165) is 30.7 Å². The summed E-state index contributed by atoms with van der Waals surface area (Å²) in [5, 5.41) is 3.64. The van der Waals surface area contributed by atoms with Gasteiger partial charge in [0.05, 0.1) is 0 Å². The molecule has 2 aromatic carbocycles. The van der Waals surface area contributed by atoms with Crippen LogP contribution in [0.3, 0.4) is 0 Å². The van der Waals surface area contributed by atoms with E-state index in [1.54, 1.807) is 0 Å². The Labute approximate surface area is 126 Å². The molecule has 1 atom stereocenters. The van der Waals surface area contributed by atoms with Crippen molar-refractivity contribution in [3.63, 3.8) is 0 Å². The van der Waals surface area contributed by atoms with E-state index in [9.17, 15) is 0 Å². The third kappa shape index (κ3) is 3.09. The van der Waals surface area contributed by atoms with Gasteiger partial charge in [-0.15, -0.1) is 6.42 Å². The van der Waals surface area contributed by atoms with E-state index in [1.807, 2.05) is 18.2 Å². The Balaban J connectivity index is 1.68. The normalized spacial score (nSPS) is 16.2. The first kappa shape index (κ1) is 13.7. The van der Waals surface area contributed by atoms with Gasteiger partial charge in [0.25, 0.3) is 0 Å². The highest BCUT2D eigenvalue weighted by Gasteiger charge is 2.21. The molecular formula is C19H19NO. The van der Waals surface area contributed by atoms with Crippen molar-refractivity contribution in [1.29, 1.82) is 0 Å². The third-order valence-electron chi connectivity index (χ3n) is 3.96. The molecule has 1 N–H and O–H groups in total. The van der Waals surface area contributed by atoms with Crippen LogP contribution in [0.1, 0.15) is 29.2 Å². The topological polar surface area (TPSA) is 21.3 Å². The van der Waals surface area contributed by atoms with Gasteiger partial charge in [0, 0.05) is 18.2 Å². The fourth-order valence-corrected chi connectivity index (χ4v) is 2.91. The molecule has 0 saturated heterocycles. The largest absolute Gasteiger partial charge is 0.481 e. The Bertz CT molecular complexity index is 657. The zero-order valence-electron chi connectivity index (χ0n) is 12.0. The van der Waals surface area contributed by atoms with Crippen molar-refractivity contribution in [2.24, 2.45) is 0 Å². The minimum Gasteiger partial charge on any atom is -0.481 e. The summed E-state index contributed by atoms with van der Waals surface area (Å²) >= 11 is 0. The molecule has 1 aliphatic rings. The summed E-state index contributed by atoms with van der Waals surface area (Å²) in [4.78, 5) is 0. The number of terminal acetylenes is 1. The minimum atomic E-state index is 0.309. The molecule has 0 heterocycles. The second-order valence-electron chi connectivity index (χ2n) is 5.27. The fraction of sp³-hybridized carbons (Fsp3) is 0.263. The van der Waals surface area contributed by atoms with Gasteiger partial charge in [-0.1, -0.05) is 48.4 Å². The lowest BCUT2D eigenvalue weighted by molar-refractivity contribution is 0.363. The highest BCUT2D eigenvalue weighted by Crippen LogP contribution is 2.31. The number of aryl methyl sites for hydroxylation is 1. The van der Waals surface area contributed by atoms with Gasteiger partial charge < -0.3 is 10.1 Å². The van der Waals surface area contributed by atoms with Gasteiger partial charge in [0.2, 0.25) is 0 Å². The Morgan fingerprint density at radius 1 is 1.14 bits per heavy atom. The zero-order chi connectivity index (χ0) is 14.5. The molecule has 106 valence electrons. The van der Waals surface area contributed by atoms with Crippen LogP contribution in [0.4, 0.5) is 0 Å². The molecule has 0 amide bonds. The van der Waals surface area contributed by atoms with Gasteiger partial charge >= 0.3 is 0 Å². The van der Waals surface area contributed by atoms with Gasteiger partial charge in [-0.05, 0) is 30.0 Å². The molecule has 2 heteroatoms. The minimum absolute atomic E-state index is 0.309. The number of fused-ring (bicyclic) bond motifs is 1. The summed E-state index contributed by atoms with van der Waals surface area (Å²) in [6.07, 6.45) is 7.58. The number of ether oxygens (including phenoxy) is 1. The van der Waals surface area contributed by atoms with Crippen molar-refractivity contribution >= 4 is 0 Å². The molecule has 21 heavy (non-hydrogen) atoms. The lowest BCUT2D eigenvalue weighted by atomic mass is 10.1. The molecule has 0 spiro atoms. The lowest BCUT2D eigenvalue weighted by Gasteiger charge is -2.16. The molecule has 0 saturated carbocycles. The monoisotopic (exact) mass is 277 g/mol. The number of hydrogen-bond acceptors (Lipinski definition) is 2. The Hall–Kier alpha value is -2.24. The average molecular weight is 277 g/mol. The Morgan fingerprint density at radius 2 is 1.95 bits per heavy atom. The van der Waals surface area contributed by atoms with E-state index >= 15 is 0 Å². The number of hydrogen-bond donors (Lipinski definition) is 1. The van der Waals surface area contributed by atoms with E-state index in [2.05, 4.69) is 41.6 Å². The highest BCUT2D eigenvalue weighted by atomic mass is 16.5. The van der Waals surface area contributed by atoms with Gasteiger partial charge in [-0.2, -0.15) is 0 Å². The van der Waals surface area contributed by atoms with E-state index in [0.29, 0.717) is 12.6 Å². The maximum Gasteiger partial charge on any atom is 0.148 e. The van der Waals surface area contributed by atoms with Gasteiger partial charge in [0.1, 0.15) is 12.4 Å². The van der Waals surface area contributed by atoms with Gasteiger partial charge in [-0.25, -0.2) is 0 Å². The zero-order valence-corrected chi connectivity index (χ0v) is 12.0. The van der Waals surface area contributed by atoms with Crippen molar-refractivity contribution in [1.82, 2.24) is 5.32 Å². The summed E-state index contributed by atoms with van der Waals surface area (Å²) in [6, 6.07) is 17.2. The molecule has 2 aromatic rings. The van der Waals surface area contributed by atoms with E-state index < -0.39 is 0 Å². The summed E-state index contributed by atoms with van der Waals surface area (Å²) in [5.74, 6) is 3.38. The molecule has 0 aromatic heterocycles. The van der Waals surface area contributed by atoms with Crippen molar-refractivity contribution in [3.05, 3.63) is 65.2 Å². The van der Waals surface area contributed by atoms with Gasteiger partial charge in [0.15, 0.2) is 0 Å². The first-order chi connectivity index (χ1) is 10.4. The molecule has 2 nitrogen and oxygen atoms in total. The van der Waals surface area contributed by atoms with Crippen LogP contribution >= 0.6 is 0 Å². The molecule has 0 radical (unpaired) electrons. The molecule has 0 fully saturated rings. The van der Waals surface area contributed by atoms with Crippen LogP contribution in [0.2, 0.25) is 0 Å². The van der Waals surface area contributed by atoms with Crippen LogP contribution in [0, 0.1) is 12.3 Å². The smallest absolute Gasteiger partial charge is 0.148 e. The molecule has 3 rings (SSSR count). The fourth-order valence-electron chi connectivity index (χ4n) is 2.91. The molecule has 0 bridgehead atoms. The van der Waals surface area contributed by atoms with E-state index in [1.165, 1.54) is 11.1 Å². The van der Waals surface area contributed by atoms with Crippen LogP contribution in [-0.4, -0.2) is 6.61 Å². The van der Waals surface area contributed by atoms with Crippen LogP contribution in [-0.2, 0) is 13.0 Å². The number of para-hydroxylation sites is 1. The quantitative estimate of drug-likeness (QED) is 0.845. The van der Waals surface area contributed by atoms with E-state index in [-0.39, 0.29) is 0 Å². The van der Waals surface area contributed by atoms with Crippen LogP contribution in [0.25, 0.3) is 0 Å². The standard InChI is InChI=1S/C19H19NO/c1-2-13-21-19-10-6-4-8-16(19)14-20-18-12-11-15-7-3-5-9-17(15)18/h1,3-10,18,20H,11-14H2. The molecule has 1 unspecified atom stereocenters. The summed E-state index contributed by atoms with van der Waals surface area (Å²) in [5.41, 5.74) is 4.04. The van der Waals surface area contributed by atoms with Crippen LogP contribution in [0.15, 0.2) is 48.5 Å². The second kappa shape index (κ2) is 6.47. The van der Waals surface area contributed by atoms with E-state index in [4.69, 9.17) is 11.2 Å². The maximum atomic E-state index is 5.59. The Morgan fingerprint density at radius 3 is 2.86 bits per heavy atom. The Kier molecular flexibility index (Phi) is 4.23. The molecule has 0 aliphatic heterocycles. The number of nitrogens with one attached hydrogen (secondary N) is 1. The van der Waals surface area contributed by atoms with Crippen molar-refractivity contribution in [2.45, 2.75) is 25.4 Å². The lowest BCUT2D eigenvalue weighted by Crippen LogP contribution is -2.19. The predicted octanol–water partition coefficient (Wildman–Crippen LogP) is 3.48. The average Bonchev–Trinajstić information content (AvgIpc) is 2.95. The first-order valence-electron chi connectivity index (χ1n) is 7.34. The van der Waals surface area contributed by atoms with Gasteiger partial charge in [-0.3, -0.25) is 0 Å². The maximum absolute atomic E-state index is 5.59. The number of rotatable bonds is 5. The SMILES string of the molecule is C#CCOc1ccccc1CNC1CCc2ccccc21. The van der Waals surface area contributed by atoms with Crippen LogP contribution in [0.5, 0.6) is 5.75 Å². The predicted molar refractivity (Wildman–Crippen MR) is 85.1 cm³/mol. The summed E-state index contributed by atoms with van der Waals surface area (Å²) in [6.45, 7) is 1.10. The second-order valence-corrected chi connectivity index (χ2v) is 5.27. The molecular weight excluding hydrogens is 258 g/mol. The van der Waals surface area contributed by atoms with Crippen molar-refractivity contribution in [2.75, 3.05) is 6.61 Å². The summed E-state index contributed by atoms with van der Waals surface area (Å²) < 4.78 is 5.59. The molecule has 1 aliphatic carbocycles. The highest BCUT2D eigenvalue weighted by molar-refractivity contribution is 5.36. The number of benzene rings is 2.